The molecule has 10 nitrogen and oxygen atoms in total. The molecule has 2 aliphatic heterocycles. The van der Waals surface area contributed by atoms with Crippen LogP contribution < -0.4 is 16.0 Å². The Morgan fingerprint density at radius 3 is 2.02 bits per heavy atom. The Bertz CT molecular complexity index is 1090. The van der Waals surface area contributed by atoms with Gasteiger partial charge in [0, 0.05) is 37.6 Å². The van der Waals surface area contributed by atoms with Crippen molar-refractivity contribution in [3.05, 3.63) is 28.8 Å². The minimum atomic E-state index is -2.14. The Balaban J connectivity index is 0.00000178. The van der Waals surface area contributed by atoms with Gasteiger partial charge in [-0.15, -0.1) is 0 Å². The molecule has 0 bridgehead atoms. The van der Waals surface area contributed by atoms with Gasteiger partial charge in [-0.2, -0.15) is 8.78 Å². The van der Waals surface area contributed by atoms with Gasteiger partial charge in [0.05, 0.1) is 13.1 Å². The second-order valence-electron chi connectivity index (χ2n) is 10.1. The highest BCUT2D eigenvalue weighted by molar-refractivity contribution is 5.99. The van der Waals surface area contributed by atoms with Gasteiger partial charge < -0.3 is 26.0 Å². The van der Waals surface area contributed by atoms with Crippen LogP contribution in [-0.2, 0) is 14.4 Å². The summed E-state index contributed by atoms with van der Waals surface area (Å²) in [6.45, 7) is 10.4. The van der Waals surface area contributed by atoms with Crippen molar-refractivity contribution in [1.29, 1.82) is 0 Å². The summed E-state index contributed by atoms with van der Waals surface area (Å²) in [5.41, 5.74) is -1.61. The standard InChI is InChI=1S/C23H29F4N5O5.C3H8/c1-4-28-13(33)8-31-7-12(5-11(31)3)29-14(34)9-32-6-10(2)20(23(32)37)30-22(36)15-16(24)18(26)21(35)19(27)17(15)25;1-3-2/h10-12,20,35H,4-9H2,1-3H3,(H,28,33)(H,29,34)(H,30,36);3H2,1-2H3. The van der Waals surface area contributed by atoms with E-state index < -0.39 is 64.3 Å². The van der Waals surface area contributed by atoms with Crippen LogP contribution in [0.4, 0.5) is 17.6 Å². The number of likely N-dealkylation sites (N-methyl/N-ethyl adjacent to an activating group) is 1. The number of aromatic hydroxyl groups is 1. The molecular weight excluding hydrogens is 538 g/mol. The van der Waals surface area contributed by atoms with Gasteiger partial charge in [0.1, 0.15) is 11.6 Å². The first-order valence-electron chi connectivity index (χ1n) is 13.2. The molecule has 4 atom stereocenters. The molecule has 2 heterocycles. The lowest BCUT2D eigenvalue weighted by molar-refractivity contribution is -0.134. The number of carbonyl (C=O) groups is 4. The van der Waals surface area contributed by atoms with Gasteiger partial charge >= 0.3 is 0 Å². The zero-order valence-corrected chi connectivity index (χ0v) is 23.2. The quantitative estimate of drug-likeness (QED) is 0.276. The van der Waals surface area contributed by atoms with Crippen LogP contribution in [0.1, 0.15) is 57.8 Å². The van der Waals surface area contributed by atoms with Crippen molar-refractivity contribution in [1.82, 2.24) is 25.8 Å². The lowest BCUT2D eigenvalue weighted by Crippen LogP contribution is -2.47. The second kappa shape index (κ2) is 14.3. The minimum absolute atomic E-state index is 0.0326. The molecule has 0 aromatic heterocycles. The van der Waals surface area contributed by atoms with Crippen molar-refractivity contribution in [2.45, 2.75) is 65.6 Å². The van der Waals surface area contributed by atoms with E-state index in [1.54, 1.807) is 6.92 Å². The second-order valence-corrected chi connectivity index (χ2v) is 10.1. The van der Waals surface area contributed by atoms with Crippen molar-refractivity contribution in [2.24, 2.45) is 5.92 Å². The summed E-state index contributed by atoms with van der Waals surface area (Å²) in [5, 5.41) is 16.7. The maximum Gasteiger partial charge on any atom is 0.258 e. The first kappa shape index (κ1) is 32.8. The molecule has 3 rings (SSSR count). The van der Waals surface area contributed by atoms with Crippen LogP contribution in [0.5, 0.6) is 5.75 Å². The number of nitrogens with zero attached hydrogens (tertiary/aromatic N) is 2. The molecule has 2 saturated heterocycles. The van der Waals surface area contributed by atoms with Gasteiger partial charge in [0.25, 0.3) is 5.91 Å². The van der Waals surface area contributed by atoms with Crippen LogP contribution in [-0.4, -0.2) is 89.4 Å². The molecule has 0 aliphatic carbocycles. The number of hydrogen-bond acceptors (Lipinski definition) is 6. The van der Waals surface area contributed by atoms with E-state index in [4.69, 9.17) is 5.11 Å². The zero-order valence-electron chi connectivity index (χ0n) is 23.2. The molecule has 14 heteroatoms. The number of nitrogens with one attached hydrogen (secondary N) is 3. The Hall–Kier alpha value is -3.42. The molecule has 40 heavy (non-hydrogen) atoms. The lowest BCUT2D eigenvalue weighted by atomic mass is 10.0. The first-order valence-corrected chi connectivity index (χ1v) is 13.2. The molecule has 4 amide bonds. The number of hydrogen-bond donors (Lipinski definition) is 4. The van der Waals surface area contributed by atoms with Crippen molar-refractivity contribution < 1.29 is 41.8 Å². The van der Waals surface area contributed by atoms with Crippen LogP contribution in [0, 0.1) is 29.2 Å². The molecule has 224 valence electrons. The van der Waals surface area contributed by atoms with Crippen molar-refractivity contribution >= 4 is 23.6 Å². The molecule has 2 aliphatic rings. The van der Waals surface area contributed by atoms with Gasteiger partial charge in [-0.05, 0) is 20.3 Å². The third-order valence-electron chi connectivity index (χ3n) is 6.53. The Morgan fingerprint density at radius 2 is 1.48 bits per heavy atom. The monoisotopic (exact) mass is 575 g/mol. The number of rotatable bonds is 8. The highest BCUT2D eigenvalue weighted by Crippen LogP contribution is 2.29. The normalized spacial score (nSPS) is 22.5. The fourth-order valence-corrected chi connectivity index (χ4v) is 4.67. The first-order chi connectivity index (χ1) is 18.8. The maximum atomic E-state index is 14.1. The number of benzene rings is 1. The summed E-state index contributed by atoms with van der Waals surface area (Å²) in [4.78, 5) is 52.7. The van der Waals surface area contributed by atoms with E-state index in [2.05, 4.69) is 29.8 Å². The van der Waals surface area contributed by atoms with E-state index in [9.17, 15) is 36.7 Å². The number of phenols is 1. The van der Waals surface area contributed by atoms with Crippen LogP contribution in [0.3, 0.4) is 0 Å². The van der Waals surface area contributed by atoms with Gasteiger partial charge in [-0.1, -0.05) is 27.2 Å². The predicted octanol–water partition coefficient (Wildman–Crippen LogP) is 1.66. The molecule has 2 fully saturated rings. The molecule has 4 N–H and O–H groups in total. The highest BCUT2D eigenvalue weighted by Gasteiger charge is 2.41. The van der Waals surface area contributed by atoms with Crippen LogP contribution in [0.25, 0.3) is 0 Å². The van der Waals surface area contributed by atoms with Gasteiger partial charge in [0.2, 0.25) is 29.4 Å². The predicted molar refractivity (Wildman–Crippen MR) is 137 cm³/mol. The summed E-state index contributed by atoms with van der Waals surface area (Å²) in [6, 6.07) is -1.50. The van der Waals surface area contributed by atoms with Crippen LogP contribution in [0.2, 0.25) is 0 Å². The average molecular weight is 576 g/mol. The number of carbonyl (C=O) groups excluding carboxylic acids is 4. The van der Waals surface area contributed by atoms with Crippen molar-refractivity contribution in [3.63, 3.8) is 0 Å². The third kappa shape index (κ3) is 7.61. The lowest BCUT2D eigenvalue weighted by Gasteiger charge is -2.20. The van der Waals surface area contributed by atoms with Crippen molar-refractivity contribution in [3.8, 4) is 5.75 Å². The van der Waals surface area contributed by atoms with E-state index in [1.165, 1.54) is 6.42 Å². The summed E-state index contributed by atoms with van der Waals surface area (Å²) < 4.78 is 55.3. The number of halogens is 4. The SMILES string of the molecule is CCC.CCNC(=O)CN1CC(NC(=O)CN2CC(C)C(NC(=O)c3c(F)c(F)c(O)c(F)c3F)C2=O)CC1C. The molecule has 4 unspecified atom stereocenters. The Kier molecular flexibility index (Phi) is 11.7. The van der Waals surface area contributed by atoms with E-state index in [0.29, 0.717) is 19.5 Å². The van der Waals surface area contributed by atoms with Gasteiger partial charge in [-0.3, -0.25) is 24.1 Å². The summed E-state index contributed by atoms with van der Waals surface area (Å²) >= 11 is 0. The van der Waals surface area contributed by atoms with E-state index in [1.807, 2.05) is 18.7 Å². The van der Waals surface area contributed by atoms with Gasteiger partial charge in [0.15, 0.2) is 17.4 Å². The summed E-state index contributed by atoms with van der Waals surface area (Å²) in [7, 11) is 0. The molecule has 0 spiro atoms. The molecule has 1 aromatic carbocycles. The fourth-order valence-electron chi connectivity index (χ4n) is 4.67. The van der Waals surface area contributed by atoms with Crippen LogP contribution in [0.15, 0.2) is 0 Å². The molecule has 1 aromatic rings. The molecular formula is C26H37F4N5O5. The Labute approximate surface area is 230 Å². The van der Waals surface area contributed by atoms with E-state index >= 15 is 0 Å². The van der Waals surface area contributed by atoms with Crippen LogP contribution >= 0.6 is 0 Å². The summed E-state index contributed by atoms with van der Waals surface area (Å²) in [6.07, 6.45) is 1.85. The number of amides is 4. The smallest absolute Gasteiger partial charge is 0.258 e. The largest absolute Gasteiger partial charge is 0.503 e. The third-order valence-corrected chi connectivity index (χ3v) is 6.53. The average Bonchev–Trinajstić information content (AvgIpc) is 3.34. The number of likely N-dealkylation sites (tertiary alicyclic amines) is 2. The van der Waals surface area contributed by atoms with E-state index in [0.717, 1.165) is 4.90 Å². The zero-order chi connectivity index (χ0) is 30.3. The van der Waals surface area contributed by atoms with Gasteiger partial charge in [-0.25, -0.2) is 8.78 Å². The van der Waals surface area contributed by atoms with Crippen molar-refractivity contribution in [2.75, 3.05) is 32.7 Å². The Morgan fingerprint density at radius 1 is 0.900 bits per heavy atom. The molecule has 0 saturated carbocycles. The highest BCUT2D eigenvalue weighted by atomic mass is 19.2. The van der Waals surface area contributed by atoms with E-state index in [-0.39, 0.29) is 37.6 Å². The minimum Gasteiger partial charge on any atom is -0.503 e. The molecule has 0 radical (unpaired) electrons. The summed E-state index contributed by atoms with van der Waals surface area (Å²) in [5.74, 6) is -13.9. The fraction of sp³-hybridized carbons (Fsp3) is 0.615. The number of phenolic OH excluding ortho intramolecular Hbond substituents is 1. The maximum absolute atomic E-state index is 14.1. The topological polar surface area (TPSA) is 131 Å².